The van der Waals surface area contributed by atoms with Gasteiger partial charge in [-0.1, -0.05) is 0 Å². The molecule has 0 saturated heterocycles. The summed E-state index contributed by atoms with van der Waals surface area (Å²) in [5.41, 5.74) is 0. The van der Waals surface area contributed by atoms with Crippen LogP contribution in [-0.2, 0) is 11.6 Å². The van der Waals surface area contributed by atoms with Gasteiger partial charge in [0.1, 0.15) is 0 Å². The lowest BCUT2D eigenvalue weighted by molar-refractivity contribution is 1.46. The fourth-order valence-corrected chi connectivity index (χ4v) is 0.122. The van der Waals surface area contributed by atoms with Crippen molar-refractivity contribution in [1.82, 2.24) is 0 Å². The van der Waals surface area contributed by atoms with Gasteiger partial charge in [0.05, 0.1) is 4.36 Å². The van der Waals surface area contributed by atoms with Crippen LogP contribution in [-0.4, -0.2) is 6.26 Å². The molecule has 0 radical (unpaired) electrons. The second-order valence-electron chi connectivity index (χ2n) is 0.374. The van der Waals surface area contributed by atoms with Gasteiger partial charge in [-0.3, -0.25) is 0 Å². The summed E-state index contributed by atoms with van der Waals surface area (Å²) in [6.07, 6.45) is 3.34. The van der Waals surface area contributed by atoms with E-state index in [4.69, 9.17) is 5.26 Å². The van der Waals surface area contributed by atoms with Crippen LogP contribution < -0.4 is 0 Å². The number of hydrogen-bond donors (Lipinski definition) is 0. The van der Waals surface area contributed by atoms with Crippen molar-refractivity contribution in [3.8, 4) is 6.19 Å². The van der Waals surface area contributed by atoms with Crippen molar-refractivity contribution >= 4 is 11.6 Å². The number of rotatable bonds is 0. The molecule has 0 heterocycles. The maximum absolute atomic E-state index is 7.63. The highest BCUT2D eigenvalue weighted by Crippen LogP contribution is 1.51. The molecular formula is C2H3N2S+. The zero-order valence-corrected chi connectivity index (χ0v) is 3.62. The van der Waals surface area contributed by atoms with E-state index in [-0.39, 0.29) is 0 Å². The predicted molar refractivity (Wildman–Crippen MR) is 21.3 cm³/mol. The van der Waals surface area contributed by atoms with Gasteiger partial charge in [0, 0.05) is 0 Å². The summed E-state index contributed by atoms with van der Waals surface area (Å²) in [4.78, 5) is 0. The maximum atomic E-state index is 7.63. The van der Waals surface area contributed by atoms with Crippen molar-refractivity contribution in [2.45, 2.75) is 0 Å². The van der Waals surface area contributed by atoms with Crippen molar-refractivity contribution in [1.29, 1.82) is 5.26 Å². The highest BCUT2D eigenvalue weighted by molar-refractivity contribution is 7.67. The minimum atomic E-state index is 1.17. The quantitative estimate of drug-likeness (QED) is 0.310. The van der Waals surface area contributed by atoms with Crippen molar-refractivity contribution in [3.63, 3.8) is 0 Å². The van der Waals surface area contributed by atoms with Gasteiger partial charge in [-0.2, -0.15) is 5.26 Å². The summed E-state index contributed by atoms with van der Waals surface area (Å²) in [7, 11) is 0. The molecule has 0 aromatic heterocycles. The minimum absolute atomic E-state index is 1.17. The summed E-state index contributed by atoms with van der Waals surface area (Å²) < 4.78 is 3.19. The van der Waals surface area contributed by atoms with Gasteiger partial charge in [0.15, 0.2) is 6.26 Å². The van der Waals surface area contributed by atoms with Gasteiger partial charge < -0.3 is 0 Å². The highest BCUT2D eigenvalue weighted by atomic mass is 32.1. The monoisotopic (exact) mass is 87.0 g/mol. The molecule has 0 aliphatic carbocycles. The molecule has 0 aromatic rings. The molecule has 0 aliphatic rings. The smallest absolute Gasteiger partial charge is 0.165 e. The Morgan fingerprint density at radius 3 is 2.60 bits per heavy atom. The molecule has 0 aliphatic heterocycles. The van der Waals surface area contributed by atoms with Gasteiger partial charge in [-0.25, -0.2) is 0 Å². The van der Waals surface area contributed by atoms with E-state index in [2.05, 4.69) is 4.36 Å². The van der Waals surface area contributed by atoms with Gasteiger partial charge in [-0.05, 0) is 0 Å². The first-order chi connectivity index (χ1) is 2.41. The first-order valence-electron chi connectivity index (χ1n) is 1.04. The molecule has 0 atom stereocenters. The summed E-state index contributed by atoms with van der Waals surface area (Å²) in [6.45, 7) is 0. The average Bonchev–Trinajstić information content (AvgIpc) is 1.41. The predicted octanol–water partition coefficient (Wildman–Crippen LogP) is 0.363. The molecule has 5 heavy (non-hydrogen) atoms. The Morgan fingerprint density at radius 1 is 2.00 bits per heavy atom. The van der Waals surface area contributed by atoms with Crippen molar-refractivity contribution in [2.75, 3.05) is 6.26 Å². The van der Waals surface area contributed by atoms with E-state index in [1.54, 1.807) is 12.4 Å². The normalized spacial score (nSPS) is 8.00. The van der Waals surface area contributed by atoms with Gasteiger partial charge in [-0.15, -0.1) is 0 Å². The molecular weight excluding hydrogens is 84.1 g/mol. The van der Waals surface area contributed by atoms with Crippen LogP contribution in [0.5, 0.6) is 0 Å². The Balaban J connectivity index is 3.04. The summed E-state index contributed by atoms with van der Waals surface area (Å²) in [5.74, 6) is 0. The van der Waals surface area contributed by atoms with E-state index >= 15 is 0 Å². The zero-order valence-electron chi connectivity index (χ0n) is 2.80. The highest BCUT2D eigenvalue weighted by Gasteiger charge is 1.67. The fourth-order valence-electron chi connectivity index (χ4n) is 0.0408. The molecule has 0 rings (SSSR count). The molecule has 0 bridgehead atoms. The first-order valence-corrected chi connectivity index (χ1v) is 2.22. The second-order valence-corrected chi connectivity index (χ2v) is 0.922. The van der Waals surface area contributed by atoms with Crippen LogP contribution in [0.25, 0.3) is 0 Å². The standard InChI is InChI=1S/C2H3N2S/c1-5-4-2-3/h1H3/q+1. The number of hydrogen-bond acceptors (Lipinski definition) is 2. The molecule has 0 amide bonds. The number of nitrogens with zero attached hydrogens (tertiary/aromatic N) is 2. The van der Waals surface area contributed by atoms with Crippen LogP contribution >= 0.6 is 0 Å². The molecule has 2 nitrogen and oxygen atoms in total. The van der Waals surface area contributed by atoms with Crippen LogP contribution in [0.1, 0.15) is 0 Å². The number of nitriles is 1. The lowest BCUT2D eigenvalue weighted by atomic mass is 11.5. The van der Waals surface area contributed by atoms with Crippen LogP contribution in [0.2, 0.25) is 0 Å². The van der Waals surface area contributed by atoms with Crippen LogP contribution in [0, 0.1) is 11.5 Å². The molecule has 0 spiro atoms. The molecule has 3 heteroatoms. The second kappa shape index (κ2) is 3.51. The van der Waals surface area contributed by atoms with Gasteiger partial charge >= 0.3 is 11.6 Å². The molecule has 0 aromatic carbocycles. The third kappa shape index (κ3) is 3.51. The van der Waals surface area contributed by atoms with E-state index in [0.29, 0.717) is 0 Å². The van der Waals surface area contributed by atoms with Crippen LogP contribution in [0.4, 0.5) is 0 Å². The SMILES string of the molecule is C[S+]=NC#N. The molecule has 26 valence electrons. The van der Waals surface area contributed by atoms with E-state index in [1.807, 2.05) is 0 Å². The van der Waals surface area contributed by atoms with Gasteiger partial charge in [0.25, 0.3) is 6.19 Å². The molecule has 0 N–H and O–H groups in total. The third-order valence-corrected chi connectivity index (χ3v) is 0.396. The Hall–Kier alpha value is -0.490. The Bertz CT molecular complexity index is 70.2. The van der Waals surface area contributed by atoms with Crippen molar-refractivity contribution < 1.29 is 0 Å². The third-order valence-electron chi connectivity index (χ3n) is 0.132. The van der Waals surface area contributed by atoms with E-state index in [0.717, 1.165) is 0 Å². The summed E-state index contributed by atoms with van der Waals surface area (Å²) >= 11 is 1.17. The zero-order chi connectivity index (χ0) is 4.12. The molecule has 0 fully saturated rings. The summed E-state index contributed by atoms with van der Waals surface area (Å²) in [6, 6.07) is 0. The summed E-state index contributed by atoms with van der Waals surface area (Å²) in [5, 5.41) is 7.63. The Morgan fingerprint density at radius 2 is 2.60 bits per heavy atom. The fraction of sp³-hybridized carbons (Fsp3) is 0.500. The topological polar surface area (TPSA) is 36.1 Å². The van der Waals surface area contributed by atoms with E-state index in [1.165, 1.54) is 11.6 Å². The average molecular weight is 87.1 g/mol. The minimum Gasteiger partial charge on any atom is -0.165 e. The van der Waals surface area contributed by atoms with E-state index < -0.39 is 0 Å². The van der Waals surface area contributed by atoms with Crippen molar-refractivity contribution in [3.05, 3.63) is 0 Å². The lowest BCUT2D eigenvalue weighted by Gasteiger charge is -1.27. The van der Waals surface area contributed by atoms with Crippen molar-refractivity contribution in [2.24, 2.45) is 4.36 Å². The molecule has 0 unspecified atom stereocenters. The van der Waals surface area contributed by atoms with E-state index in [9.17, 15) is 0 Å². The van der Waals surface area contributed by atoms with Crippen LogP contribution in [0.15, 0.2) is 4.36 Å². The Kier molecular flexibility index (Phi) is 3.17. The van der Waals surface area contributed by atoms with Gasteiger partial charge in [0.2, 0.25) is 0 Å². The Labute approximate surface area is 34.6 Å². The van der Waals surface area contributed by atoms with Crippen LogP contribution in [0.3, 0.4) is 0 Å². The first kappa shape index (κ1) is 4.51. The lowest BCUT2D eigenvalue weighted by Crippen LogP contribution is -1.44. The maximum Gasteiger partial charge on any atom is 0.324 e. The molecule has 0 saturated carbocycles. The largest absolute Gasteiger partial charge is 0.324 e.